The van der Waals surface area contributed by atoms with Gasteiger partial charge < -0.3 is 9.30 Å². The van der Waals surface area contributed by atoms with Crippen molar-refractivity contribution in [2.24, 2.45) is 0 Å². The largest absolute Gasteiger partial charge is 0.434 e. The molecular formula is C13H13F3N2O2. The number of alkyl halides is 3. The number of nitrogens with zero attached hydrogens (tertiary/aromatic N) is 2. The topological polar surface area (TPSA) is 44.1 Å². The summed E-state index contributed by atoms with van der Waals surface area (Å²) >= 11 is 0. The minimum atomic E-state index is -4.65. The Morgan fingerprint density at radius 3 is 2.75 bits per heavy atom. The van der Waals surface area contributed by atoms with Crippen molar-refractivity contribution in [2.75, 3.05) is 13.7 Å². The molecule has 0 fully saturated rings. The summed E-state index contributed by atoms with van der Waals surface area (Å²) in [5.74, 6) is 0. The molecule has 4 nitrogen and oxygen atoms in total. The van der Waals surface area contributed by atoms with E-state index in [2.05, 4.69) is 4.98 Å². The standard InChI is InChI=1S/C13H13F3N2O2/c1-20-8-2-6-18-7-4-10(19)11-9(18)3-5-17-12(11)13(14,15)16/h3-5,7H,2,6,8H2,1H3. The molecule has 7 heteroatoms. The number of rotatable bonds is 4. The number of hydrogen-bond acceptors (Lipinski definition) is 3. The number of ether oxygens (including phenoxy) is 1. The summed E-state index contributed by atoms with van der Waals surface area (Å²) in [7, 11) is 1.55. The molecule has 0 N–H and O–H groups in total. The van der Waals surface area contributed by atoms with Gasteiger partial charge in [-0.15, -0.1) is 0 Å². The number of hydrogen-bond donors (Lipinski definition) is 0. The van der Waals surface area contributed by atoms with Gasteiger partial charge >= 0.3 is 6.18 Å². The molecule has 108 valence electrons. The summed E-state index contributed by atoms with van der Waals surface area (Å²) < 4.78 is 45.2. The first-order valence-corrected chi connectivity index (χ1v) is 5.99. The molecule has 0 atom stereocenters. The molecule has 0 aliphatic carbocycles. The van der Waals surface area contributed by atoms with Crippen molar-refractivity contribution in [3.8, 4) is 0 Å². The second-order valence-corrected chi connectivity index (χ2v) is 4.27. The van der Waals surface area contributed by atoms with E-state index < -0.39 is 17.3 Å². The van der Waals surface area contributed by atoms with E-state index in [9.17, 15) is 18.0 Å². The summed E-state index contributed by atoms with van der Waals surface area (Å²) in [6, 6.07) is 2.55. The summed E-state index contributed by atoms with van der Waals surface area (Å²) in [6.45, 7) is 0.955. The molecule has 0 spiro atoms. The summed E-state index contributed by atoms with van der Waals surface area (Å²) in [6.07, 6.45) is -1.46. The van der Waals surface area contributed by atoms with E-state index in [1.54, 1.807) is 11.7 Å². The van der Waals surface area contributed by atoms with Crippen LogP contribution in [0.5, 0.6) is 0 Å². The molecule has 0 saturated carbocycles. The molecule has 2 heterocycles. The summed E-state index contributed by atoms with van der Waals surface area (Å²) in [5, 5.41) is -0.389. The Balaban J connectivity index is 2.59. The van der Waals surface area contributed by atoms with Crippen molar-refractivity contribution < 1.29 is 17.9 Å². The van der Waals surface area contributed by atoms with Crippen LogP contribution in [0, 0.1) is 0 Å². The quantitative estimate of drug-likeness (QED) is 0.811. The monoisotopic (exact) mass is 286 g/mol. The third-order valence-corrected chi connectivity index (χ3v) is 2.91. The number of aromatic nitrogens is 2. The molecule has 0 bridgehead atoms. The lowest BCUT2D eigenvalue weighted by atomic mass is 10.1. The van der Waals surface area contributed by atoms with Gasteiger partial charge in [-0.05, 0) is 12.5 Å². The van der Waals surface area contributed by atoms with Crippen LogP contribution in [0.25, 0.3) is 10.9 Å². The lowest BCUT2D eigenvalue weighted by Crippen LogP contribution is -2.17. The van der Waals surface area contributed by atoms with Crippen molar-refractivity contribution in [1.29, 1.82) is 0 Å². The average Bonchev–Trinajstić information content (AvgIpc) is 2.40. The Hall–Kier alpha value is -1.89. The minimum Gasteiger partial charge on any atom is -0.385 e. The van der Waals surface area contributed by atoms with E-state index in [1.807, 2.05) is 0 Å². The Kier molecular flexibility index (Phi) is 4.08. The predicted molar refractivity (Wildman–Crippen MR) is 67.5 cm³/mol. The van der Waals surface area contributed by atoms with Crippen LogP contribution in [0.2, 0.25) is 0 Å². The highest BCUT2D eigenvalue weighted by Gasteiger charge is 2.35. The highest BCUT2D eigenvalue weighted by atomic mass is 19.4. The molecule has 0 saturated heterocycles. The number of methoxy groups -OCH3 is 1. The van der Waals surface area contributed by atoms with Gasteiger partial charge in [-0.2, -0.15) is 13.2 Å². The summed E-state index contributed by atoms with van der Waals surface area (Å²) in [4.78, 5) is 15.1. The van der Waals surface area contributed by atoms with Crippen molar-refractivity contribution in [2.45, 2.75) is 19.1 Å². The van der Waals surface area contributed by atoms with Crippen LogP contribution < -0.4 is 5.43 Å². The maximum Gasteiger partial charge on any atom is 0.434 e. The van der Waals surface area contributed by atoms with Gasteiger partial charge in [0.1, 0.15) is 0 Å². The molecule has 0 unspecified atom stereocenters. The van der Waals surface area contributed by atoms with Crippen LogP contribution in [-0.2, 0) is 17.5 Å². The number of fused-ring (bicyclic) bond motifs is 1. The minimum absolute atomic E-state index is 0.232. The normalized spacial score (nSPS) is 12.0. The van der Waals surface area contributed by atoms with E-state index >= 15 is 0 Å². The molecule has 0 aliphatic rings. The van der Waals surface area contributed by atoms with E-state index in [1.165, 1.54) is 12.3 Å². The van der Waals surface area contributed by atoms with Crippen LogP contribution in [0.1, 0.15) is 12.1 Å². The smallest absolute Gasteiger partial charge is 0.385 e. The first-order valence-electron chi connectivity index (χ1n) is 5.99. The van der Waals surface area contributed by atoms with Gasteiger partial charge in [0, 0.05) is 38.7 Å². The van der Waals surface area contributed by atoms with E-state index in [0.717, 1.165) is 12.3 Å². The molecule has 0 aromatic carbocycles. The molecule has 2 aromatic rings. The van der Waals surface area contributed by atoms with Crippen LogP contribution in [-0.4, -0.2) is 23.3 Å². The maximum absolute atomic E-state index is 12.9. The Labute approximate surface area is 112 Å². The van der Waals surface area contributed by atoms with Crippen molar-refractivity contribution in [1.82, 2.24) is 9.55 Å². The average molecular weight is 286 g/mol. The lowest BCUT2D eigenvalue weighted by Gasteiger charge is -2.13. The van der Waals surface area contributed by atoms with Crippen LogP contribution >= 0.6 is 0 Å². The number of pyridine rings is 2. The van der Waals surface area contributed by atoms with Gasteiger partial charge in [-0.25, -0.2) is 0 Å². The van der Waals surface area contributed by atoms with E-state index in [0.29, 0.717) is 19.6 Å². The SMILES string of the molecule is COCCCn1ccc(=O)c2c(C(F)(F)F)nccc21. The fraction of sp³-hybridized carbons (Fsp3) is 0.385. The summed E-state index contributed by atoms with van der Waals surface area (Å²) in [5.41, 5.74) is -1.58. The Morgan fingerprint density at radius 2 is 2.10 bits per heavy atom. The van der Waals surface area contributed by atoms with Gasteiger partial charge in [-0.3, -0.25) is 9.78 Å². The second-order valence-electron chi connectivity index (χ2n) is 4.27. The van der Waals surface area contributed by atoms with Crippen molar-refractivity contribution >= 4 is 10.9 Å². The van der Waals surface area contributed by atoms with Crippen LogP contribution in [0.3, 0.4) is 0 Å². The van der Waals surface area contributed by atoms with Gasteiger partial charge in [0.25, 0.3) is 0 Å². The fourth-order valence-electron chi connectivity index (χ4n) is 2.04. The predicted octanol–water partition coefficient (Wildman–Crippen LogP) is 2.45. The first-order chi connectivity index (χ1) is 9.45. The maximum atomic E-state index is 12.9. The van der Waals surface area contributed by atoms with Crippen LogP contribution in [0.15, 0.2) is 29.3 Å². The second kappa shape index (κ2) is 5.62. The third kappa shape index (κ3) is 2.82. The Morgan fingerprint density at radius 1 is 1.35 bits per heavy atom. The highest BCUT2D eigenvalue weighted by molar-refractivity contribution is 5.81. The van der Waals surface area contributed by atoms with Crippen LogP contribution in [0.4, 0.5) is 13.2 Å². The molecule has 0 amide bonds. The van der Waals surface area contributed by atoms with Gasteiger partial charge in [0.2, 0.25) is 0 Å². The number of aryl methyl sites for hydroxylation is 1. The molecule has 2 aromatic heterocycles. The number of halogens is 3. The van der Waals surface area contributed by atoms with Gasteiger partial charge in [0.05, 0.1) is 10.9 Å². The first kappa shape index (κ1) is 14.5. The third-order valence-electron chi connectivity index (χ3n) is 2.91. The van der Waals surface area contributed by atoms with Gasteiger partial charge in [-0.1, -0.05) is 0 Å². The zero-order valence-corrected chi connectivity index (χ0v) is 10.8. The molecule has 20 heavy (non-hydrogen) atoms. The van der Waals surface area contributed by atoms with Crippen molar-refractivity contribution in [3.63, 3.8) is 0 Å². The fourth-order valence-corrected chi connectivity index (χ4v) is 2.04. The van der Waals surface area contributed by atoms with Gasteiger partial charge in [0.15, 0.2) is 11.1 Å². The zero-order chi connectivity index (χ0) is 14.8. The zero-order valence-electron chi connectivity index (χ0n) is 10.8. The van der Waals surface area contributed by atoms with E-state index in [4.69, 9.17) is 4.74 Å². The molecule has 0 radical (unpaired) electrons. The molecule has 2 rings (SSSR count). The van der Waals surface area contributed by atoms with Crippen molar-refractivity contribution in [3.05, 3.63) is 40.4 Å². The lowest BCUT2D eigenvalue weighted by molar-refractivity contribution is -0.139. The Bertz CT molecular complexity index is 665. The molecule has 0 aliphatic heterocycles. The highest BCUT2D eigenvalue weighted by Crippen LogP contribution is 2.31. The van der Waals surface area contributed by atoms with E-state index in [-0.39, 0.29) is 10.9 Å². The molecular weight excluding hydrogens is 273 g/mol.